The maximum atomic E-state index is 13.3. The van der Waals surface area contributed by atoms with Gasteiger partial charge in [-0.15, -0.1) is 0 Å². The number of fused-ring (bicyclic) bond motifs is 1. The van der Waals surface area contributed by atoms with Crippen LogP contribution in [0.2, 0.25) is 0 Å². The summed E-state index contributed by atoms with van der Waals surface area (Å²) < 4.78 is 75.5. The third-order valence-corrected chi connectivity index (χ3v) is 6.76. The molecule has 1 unspecified atom stereocenters. The summed E-state index contributed by atoms with van der Waals surface area (Å²) in [6.45, 7) is -0.240. The number of sulfonamides is 1. The molecule has 2 aromatic carbocycles. The van der Waals surface area contributed by atoms with E-state index < -0.39 is 34.0 Å². The molecule has 2 heterocycles. The molecule has 4 rings (SSSR count). The van der Waals surface area contributed by atoms with Gasteiger partial charge in [-0.3, -0.25) is 9.78 Å². The van der Waals surface area contributed by atoms with Crippen LogP contribution in [0.5, 0.6) is 0 Å². The Kier molecular flexibility index (Phi) is 6.10. The van der Waals surface area contributed by atoms with Crippen LogP contribution in [0.4, 0.5) is 17.6 Å². The highest BCUT2D eigenvalue weighted by atomic mass is 32.2. The van der Waals surface area contributed by atoms with Gasteiger partial charge in [-0.05, 0) is 54.3 Å². The highest BCUT2D eigenvalue weighted by molar-refractivity contribution is 7.90. The molecule has 0 spiro atoms. The van der Waals surface area contributed by atoms with Gasteiger partial charge in [-0.2, -0.15) is 13.2 Å². The second-order valence-electron chi connectivity index (χ2n) is 7.69. The van der Waals surface area contributed by atoms with E-state index in [1.54, 1.807) is 35.1 Å². The van der Waals surface area contributed by atoms with Crippen molar-refractivity contribution in [3.63, 3.8) is 0 Å². The van der Waals surface area contributed by atoms with Gasteiger partial charge in [0.2, 0.25) is 0 Å². The number of benzene rings is 2. The normalized spacial score (nSPS) is 17.0. The van der Waals surface area contributed by atoms with Gasteiger partial charge in [-0.1, -0.05) is 18.2 Å². The average molecular weight is 481 g/mol. The Bertz CT molecular complexity index is 1290. The Morgan fingerprint density at radius 2 is 1.79 bits per heavy atom. The van der Waals surface area contributed by atoms with Crippen LogP contribution in [0, 0.1) is 5.82 Å². The topological polar surface area (TPSA) is 79.4 Å². The summed E-state index contributed by atoms with van der Waals surface area (Å²) in [5, 5.41) is 0.533. The lowest BCUT2D eigenvalue weighted by Crippen LogP contribution is -2.46. The molecule has 1 fully saturated rings. The van der Waals surface area contributed by atoms with Gasteiger partial charge < -0.3 is 4.90 Å². The maximum Gasteiger partial charge on any atom is 0.511 e. The predicted molar refractivity (Wildman–Crippen MR) is 114 cm³/mol. The van der Waals surface area contributed by atoms with E-state index in [0.717, 1.165) is 11.1 Å². The largest absolute Gasteiger partial charge is 0.511 e. The Morgan fingerprint density at radius 1 is 1.09 bits per heavy atom. The van der Waals surface area contributed by atoms with Gasteiger partial charge in [-0.25, -0.2) is 17.5 Å². The Balaban J connectivity index is 1.63. The van der Waals surface area contributed by atoms with Gasteiger partial charge in [0, 0.05) is 30.7 Å². The highest BCUT2D eigenvalue weighted by Gasteiger charge is 2.46. The third-order valence-electron chi connectivity index (χ3n) is 5.60. The summed E-state index contributed by atoms with van der Waals surface area (Å²) in [5.74, 6) is -0.800. The molecule has 174 valence electrons. The van der Waals surface area contributed by atoms with Crippen LogP contribution in [0.25, 0.3) is 22.0 Å². The number of hydrogen-bond donors (Lipinski definition) is 1. The summed E-state index contributed by atoms with van der Waals surface area (Å²) in [7, 11) is -5.50. The van der Waals surface area contributed by atoms with E-state index in [0.29, 0.717) is 35.9 Å². The van der Waals surface area contributed by atoms with Crippen LogP contribution in [-0.4, -0.2) is 48.8 Å². The van der Waals surface area contributed by atoms with Crippen LogP contribution >= 0.6 is 0 Å². The monoisotopic (exact) mass is 481 g/mol. The number of hydrogen-bond acceptors (Lipinski definition) is 4. The molecule has 0 radical (unpaired) electrons. The predicted octanol–water partition coefficient (Wildman–Crippen LogP) is 4.08. The molecule has 11 heteroatoms. The summed E-state index contributed by atoms with van der Waals surface area (Å²) in [6, 6.07) is 11.9. The first-order valence-electron chi connectivity index (χ1n) is 10.1. The molecule has 1 atom stereocenters. The van der Waals surface area contributed by atoms with E-state index in [1.165, 1.54) is 29.3 Å². The van der Waals surface area contributed by atoms with E-state index in [1.807, 2.05) is 0 Å². The smallest absolute Gasteiger partial charge is 0.334 e. The van der Waals surface area contributed by atoms with Crippen molar-refractivity contribution in [2.24, 2.45) is 0 Å². The Morgan fingerprint density at radius 3 is 2.48 bits per heavy atom. The number of likely N-dealkylation sites (tertiary alicyclic amines) is 1. The maximum absolute atomic E-state index is 13.3. The zero-order valence-corrected chi connectivity index (χ0v) is 18.0. The van der Waals surface area contributed by atoms with Crippen LogP contribution in [0.15, 0.2) is 54.7 Å². The van der Waals surface area contributed by atoms with E-state index >= 15 is 0 Å². The molecule has 33 heavy (non-hydrogen) atoms. The lowest BCUT2D eigenvalue weighted by atomic mass is 10.00. The number of amides is 1. The van der Waals surface area contributed by atoms with Crippen molar-refractivity contribution in [3.05, 3.63) is 66.1 Å². The summed E-state index contributed by atoms with van der Waals surface area (Å²) in [5.41, 5.74) is -3.10. The molecule has 0 bridgehead atoms. The molecule has 0 aliphatic carbocycles. The van der Waals surface area contributed by atoms with Crippen LogP contribution < -0.4 is 4.72 Å². The molecule has 1 N–H and O–H groups in total. The minimum absolute atomic E-state index is 0.290. The van der Waals surface area contributed by atoms with E-state index in [9.17, 15) is 30.8 Å². The first-order chi connectivity index (χ1) is 15.6. The van der Waals surface area contributed by atoms with E-state index in [2.05, 4.69) is 4.98 Å². The quantitative estimate of drug-likeness (QED) is 0.557. The molecule has 1 amide bonds. The molecule has 1 aromatic heterocycles. The van der Waals surface area contributed by atoms with Crippen molar-refractivity contribution in [1.29, 1.82) is 0 Å². The first kappa shape index (κ1) is 23.1. The molecule has 1 aliphatic heterocycles. The number of nitrogens with one attached hydrogen (secondary N) is 1. The fourth-order valence-corrected chi connectivity index (χ4v) is 4.49. The fraction of sp³-hybridized carbons (Fsp3) is 0.273. The van der Waals surface area contributed by atoms with Crippen molar-refractivity contribution in [1.82, 2.24) is 14.6 Å². The van der Waals surface area contributed by atoms with Crippen LogP contribution in [-0.2, 0) is 10.0 Å². The average Bonchev–Trinajstić information content (AvgIpc) is 3.25. The van der Waals surface area contributed by atoms with Gasteiger partial charge in [0.1, 0.15) is 5.82 Å². The number of aromatic nitrogens is 1. The molecule has 0 saturated carbocycles. The zero-order valence-electron chi connectivity index (χ0n) is 17.1. The van der Waals surface area contributed by atoms with Crippen molar-refractivity contribution in [2.45, 2.75) is 24.4 Å². The highest BCUT2D eigenvalue weighted by Crippen LogP contribution is 2.29. The van der Waals surface area contributed by atoms with Crippen molar-refractivity contribution in [3.8, 4) is 11.1 Å². The molecule has 6 nitrogen and oxygen atoms in total. The second kappa shape index (κ2) is 8.71. The van der Waals surface area contributed by atoms with Crippen molar-refractivity contribution >= 4 is 26.8 Å². The number of alkyl halides is 3. The number of pyridine rings is 1. The number of halogens is 4. The Labute approximate surface area is 187 Å². The SMILES string of the molecule is O=C(c1ccnc2ccc(-c3ccc(F)cc3)cc12)N1CCCC1CNS(=O)(=O)C(F)(F)F. The summed E-state index contributed by atoms with van der Waals surface area (Å²) in [4.78, 5) is 19.0. The van der Waals surface area contributed by atoms with Gasteiger partial charge in [0.25, 0.3) is 5.91 Å². The molecule has 3 aromatic rings. The number of carbonyl (C=O) groups excluding carboxylic acids is 1. The van der Waals surface area contributed by atoms with Gasteiger partial charge in [0.05, 0.1) is 11.1 Å². The van der Waals surface area contributed by atoms with E-state index in [4.69, 9.17) is 0 Å². The van der Waals surface area contributed by atoms with Gasteiger partial charge in [0.15, 0.2) is 0 Å². The number of rotatable bonds is 5. The van der Waals surface area contributed by atoms with Crippen molar-refractivity contribution in [2.75, 3.05) is 13.1 Å². The van der Waals surface area contributed by atoms with E-state index in [-0.39, 0.29) is 5.82 Å². The van der Waals surface area contributed by atoms with Crippen LogP contribution in [0.3, 0.4) is 0 Å². The standard InChI is InChI=1S/C22H19F4N3O3S/c23-16-6-3-14(4-7-16)15-5-8-20-19(12-15)18(9-10-27-20)21(30)29-11-1-2-17(29)13-28-33(31,32)22(24,25)26/h3-10,12,17,28H,1-2,11,13H2. The molecular weight excluding hydrogens is 462 g/mol. The number of nitrogens with zero attached hydrogens (tertiary/aromatic N) is 2. The minimum atomic E-state index is -5.50. The van der Waals surface area contributed by atoms with Gasteiger partial charge >= 0.3 is 15.5 Å². The number of carbonyl (C=O) groups is 1. The summed E-state index contributed by atoms with van der Waals surface area (Å²) in [6.07, 6.45) is 2.37. The lowest BCUT2D eigenvalue weighted by molar-refractivity contribution is -0.0448. The lowest BCUT2D eigenvalue weighted by Gasteiger charge is -2.25. The van der Waals surface area contributed by atoms with Crippen LogP contribution in [0.1, 0.15) is 23.2 Å². The minimum Gasteiger partial charge on any atom is -0.334 e. The molecule has 1 saturated heterocycles. The summed E-state index contributed by atoms with van der Waals surface area (Å²) >= 11 is 0. The third kappa shape index (κ3) is 4.69. The second-order valence-corrected chi connectivity index (χ2v) is 9.45. The molecular formula is C22H19F4N3O3S. The fourth-order valence-electron chi connectivity index (χ4n) is 3.91. The first-order valence-corrected chi connectivity index (χ1v) is 11.6. The van der Waals surface area contributed by atoms with Crippen molar-refractivity contribution < 1.29 is 30.8 Å². The Hall–Kier alpha value is -3.05. The molecule has 1 aliphatic rings. The zero-order chi connectivity index (χ0) is 23.8.